The van der Waals surface area contributed by atoms with Crippen molar-refractivity contribution < 1.29 is 18.3 Å². The lowest BCUT2D eigenvalue weighted by molar-refractivity contribution is -0.138. The van der Waals surface area contributed by atoms with Crippen LogP contribution in [0.25, 0.3) is 0 Å². The lowest BCUT2D eigenvalue weighted by atomic mass is 9.69. The Morgan fingerprint density at radius 3 is 2.58 bits per heavy atom. The number of amides is 1. The Bertz CT molecular complexity index is 788. The van der Waals surface area contributed by atoms with Crippen LogP contribution in [0.2, 0.25) is 0 Å². The van der Waals surface area contributed by atoms with Gasteiger partial charge in [0.15, 0.2) is 6.10 Å². The molecule has 24 heavy (non-hydrogen) atoms. The summed E-state index contributed by atoms with van der Waals surface area (Å²) in [7, 11) is -3.69. The van der Waals surface area contributed by atoms with Crippen molar-refractivity contribution in [1.82, 2.24) is 4.31 Å². The van der Waals surface area contributed by atoms with Crippen LogP contribution in [0.5, 0.6) is 0 Å². The first kappa shape index (κ1) is 16.1. The molecule has 2 bridgehead atoms. The summed E-state index contributed by atoms with van der Waals surface area (Å²) in [5.41, 5.74) is -0.0129. The standard InChI is InChI=1S/C18H23NO4S/c1-17(2)13-8-9-18(17)11-24(22,23)19(14(18)10-13)16(21)15(20)12-6-4-3-5-7-12/h3-7,13-15,20H,8-11H2,1-2H3/t13-,14-,15?,18-/m1/s1. The van der Waals surface area contributed by atoms with Gasteiger partial charge in [0.1, 0.15) is 0 Å². The van der Waals surface area contributed by atoms with Gasteiger partial charge in [0.2, 0.25) is 10.0 Å². The van der Waals surface area contributed by atoms with E-state index < -0.39 is 22.0 Å². The maximum absolute atomic E-state index is 12.9. The fourth-order valence-electron chi connectivity index (χ4n) is 5.48. The van der Waals surface area contributed by atoms with Gasteiger partial charge in [-0.25, -0.2) is 12.7 Å². The number of sulfonamides is 1. The molecule has 4 rings (SSSR count). The molecule has 2 aliphatic carbocycles. The zero-order chi connectivity index (χ0) is 17.3. The van der Waals surface area contributed by atoms with Crippen molar-refractivity contribution in [2.45, 2.75) is 45.3 Å². The summed E-state index contributed by atoms with van der Waals surface area (Å²) in [6.07, 6.45) is 1.17. The van der Waals surface area contributed by atoms with Crippen LogP contribution >= 0.6 is 0 Å². The summed E-state index contributed by atoms with van der Waals surface area (Å²) in [4.78, 5) is 12.9. The Balaban J connectivity index is 1.73. The van der Waals surface area contributed by atoms with Crippen molar-refractivity contribution in [3.05, 3.63) is 35.9 Å². The summed E-state index contributed by atoms with van der Waals surface area (Å²) in [5, 5.41) is 10.4. The number of nitrogens with zero attached hydrogens (tertiary/aromatic N) is 1. The van der Waals surface area contributed by atoms with Gasteiger partial charge in [-0.2, -0.15) is 0 Å². The van der Waals surface area contributed by atoms with Crippen molar-refractivity contribution >= 4 is 15.9 Å². The highest BCUT2D eigenvalue weighted by Crippen LogP contribution is 2.70. The molecule has 1 spiro atoms. The number of fused-ring (bicyclic) bond motifs is 1. The number of hydrogen-bond acceptors (Lipinski definition) is 4. The first-order valence-corrected chi connectivity index (χ1v) is 10.1. The molecule has 1 N–H and O–H groups in total. The normalized spacial score (nSPS) is 36.5. The highest BCUT2D eigenvalue weighted by Gasteiger charge is 2.72. The van der Waals surface area contributed by atoms with Gasteiger partial charge in [0, 0.05) is 5.41 Å². The average Bonchev–Trinajstić information content (AvgIpc) is 3.01. The molecule has 1 saturated heterocycles. The highest BCUT2D eigenvalue weighted by molar-refractivity contribution is 7.90. The van der Waals surface area contributed by atoms with Crippen LogP contribution in [0.3, 0.4) is 0 Å². The zero-order valence-electron chi connectivity index (χ0n) is 14.0. The Morgan fingerprint density at radius 1 is 1.29 bits per heavy atom. The molecule has 0 radical (unpaired) electrons. The third-order valence-electron chi connectivity index (χ3n) is 6.98. The Hall–Kier alpha value is -1.40. The summed E-state index contributed by atoms with van der Waals surface area (Å²) in [5.74, 6) is -0.227. The maximum atomic E-state index is 12.9. The van der Waals surface area contributed by atoms with Crippen LogP contribution in [0.4, 0.5) is 0 Å². The van der Waals surface area contributed by atoms with E-state index in [-0.39, 0.29) is 22.6 Å². The van der Waals surface area contributed by atoms with Gasteiger partial charge in [-0.05, 0) is 36.2 Å². The Morgan fingerprint density at radius 2 is 1.96 bits per heavy atom. The van der Waals surface area contributed by atoms with Crippen LogP contribution < -0.4 is 0 Å². The molecule has 2 saturated carbocycles. The molecule has 1 heterocycles. The van der Waals surface area contributed by atoms with Gasteiger partial charge in [-0.15, -0.1) is 0 Å². The first-order valence-electron chi connectivity index (χ1n) is 8.50. The summed E-state index contributed by atoms with van der Waals surface area (Å²) < 4.78 is 26.7. The summed E-state index contributed by atoms with van der Waals surface area (Å²) >= 11 is 0. The number of rotatable bonds is 2. The Labute approximate surface area is 142 Å². The van der Waals surface area contributed by atoms with Crippen molar-refractivity contribution in [2.75, 3.05) is 5.75 Å². The number of carbonyl (C=O) groups is 1. The molecule has 0 aromatic heterocycles. The molecular weight excluding hydrogens is 326 g/mol. The fourth-order valence-corrected chi connectivity index (χ4v) is 8.03. The lowest BCUT2D eigenvalue weighted by Crippen LogP contribution is -2.45. The molecule has 3 aliphatic rings. The molecule has 1 amide bonds. The SMILES string of the molecule is CC1(C)[C@@H]2CC[C@]13CS(=O)(=O)N(C(=O)C(O)c1ccccc1)[C@@H]3C2. The topological polar surface area (TPSA) is 74.7 Å². The highest BCUT2D eigenvalue weighted by atomic mass is 32.2. The van der Waals surface area contributed by atoms with Gasteiger partial charge >= 0.3 is 0 Å². The minimum absolute atomic E-state index is 0.0292. The second-order valence-electron chi connectivity index (χ2n) is 8.07. The van der Waals surface area contributed by atoms with Crippen molar-refractivity contribution in [3.63, 3.8) is 0 Å². The number of aliphatic hydroxyl groups excluding tert-OH is 1. The van der Waals surface area contributed by atoms with Crippen LogP contribution in [0.15, 0.2) is 30.3 Å². The lowest BCUT2D eigenvalue weighted by Gasteiger charge is -2.37. The molecule has 4 atom stereocenters. The molecule has 6 heteroatoms. The van der Waals surface area contributed by atoms with E-state index in [1.165, 1.54) is 0 Å². The van der Waals surface area contributed by atoms with Crippen LogP contribution in [0, 0.1) is 16.7 Å². The van der Waals surface area contributed by atoms with Crippen LogP contribution in [-0.2, 0) is 14.8 Å². The van der Waals surface area contributed by atoms with Gasteiger partial charge in [0.25, 0.3) is 5.91 Å². The molecular formula is C18H23NO4S. The van der Waals surface area contributed by atoms with Crippen molar-refractivity contribution in [3.8, 4) is 0 Å². The third kappa shape index (κ3) is 1.84. The monoisotopic (exact) mass is 349 g/mol. The maximum Gasteiger partial charge on any atom is 0.269 e. The molecule has 3 fully saturated rings. The van der Waals surface area contributed by atoms with Gasteiger partial charge < -0.3 is 5.11 Å². The van der Waals surface area contributed by atoms with E-state index in [4.69, 9.17) is 0 Å². The van der Waals surface area contributed by atoms with Crippen LogP contribution in [-0.4, -0.2) is 35.5 Å². The minimum Gasteiger partial charge on any atom is -0.378 e. The van der Waals surface area contributed by atoms with E-state index in [9.17, 15) is 18.3 Å². The second kappa shape index (κ2) is 4.82. The number of benzene rings is 1. The number of aliphatic hydroxyl groups is 1. The molecule has 1 aromatic rings. The summed E-state index contributed by atoms with van der Waals surface area (Å²) in [6, 6.07) is 8.24. The molecule has 5 nitrogen and oxygen atoms in total. The number of carbonyl (C=O) groups excluding carboxylic acids is 1. The smallest absolute Gasteiger partial charge is 0.269 e. The third-order valence-corrected chi connectivity index (χ3v) is 8.89. The molecule has 1 aliphatic heterocycles. The zero-order valence-corrected chi connectivity index (χ0v) is 14.8. The van der Waals surface area contributed by atoms with E-state index in [2.05, 4.69) is 13.8 Å². The van der Waals surface area contributed by atoms with E-state index >= 15 is 0 Å². The summed E-state index contributed by atoms with van der Waals surface area (Å²) in [6.45, 7) is 4.28. The molecule has 130 valence electrons. The van der Waals surface area contributed by atoms with E-state index in [0.29, 0.717) is 11.5 Å². The second-order valence-corrected chi connectivity index (χ2v) is 9.91. The van der Waals surface area contributed by atoms with Gasteiger partial charge in [-0.1, -0.05) is 44.2 Å². The fraction of sp³-hybridized carbons (Fsp3) is 0.611. The van der Waals surface area contributed by atoms with E-state index in [1.54, 1.807) is 30.3 Å². The van der Waals surface area contributed by atoms with Crippen molar-refractivity contribution in [1.29, 1.82) is 0 Å². The quantitative estimate of drug-likeness (QED) is 0.887. The number of hydrogen-bond donors (Lipinski definition) is 1. The molecule has 1 aromatic carbocycles. The van der Waals surface area contributed by atoms with Crippen molar-refractivity contribution in [2.24, 2.45) is 16.7 Å². The van der Waals surface area contributed by atoms with E-state index in [0.717, 1.165) is 23.6 Å². The van der Waals surface area contributed by atoms with Crippen LogP contribution in [0.1, 0.15) is 44.8 Å². The van der Waals surface area contributed by atoms with E-state index in [1.807, 2.05) is 0 Å². The predicted octanol–water partition coefficient (Wildman–Crippen LogP) is 2.09. The predicted molar refractivity (Wildman–Crippen MR) is 89.4 cm³/mol. The first-order chi connectivity index (χ1) is 11.2. The Kier molecular flexibility index (Phi) is 3.23. The largest absolute Gasteiger partial charge is 0.378 e. The molecule has 1 unspecified atom stereocenters. The van der Waals surface area contributed by atoms with Gasteiger partial charge in [0.05, 0.1) is 11.8 Å². The minimum atomic E-state index is -3.69. The average molecular weight is 349 g/mol. The van der Waals surface area contributed by atoms with Gasteiger partial charge in [-0.3, -0.25) is 4.79 Å².